The minimum atomic E-state index is 0.160. The fourth-order valence-electron chi connectivity index (χ4n) is 3.15. The van der Waals surface area contributed by atoms with E-state index in [1.807, 2.05) is 54.6 Å². The van der Waals surface area contributed by atoms with Crippen LogP contribution in [0.15, 0.2) is 66.3 Å². The van der Waals surface area contributed by atoms with Crippen LogP contribution < -0.4 is 9.47 Å². The molecule has 0 saturated carbocycles. The molecule has 0 bridgehead atoms. The summed E-state index contributed by atoms with van der Waals surface area (Å²) in [5, 5.41) is 0. The summed E-state index contributed by atoms with van der Waals surface area (Å²) in [5.74, 6) is 1.72. The maximum atomic E-state index is 12.2. The Bertz CT molecular complexity index is 803. The Morgan fingerprint density at radius 2 is 1.68 bits per heavy atom. The summed E-state index contributed by atoms with van der Waals surface area (Å²) in [6.07, 6.45) is 7.22. The predicted molar refractivity (Wildman–Crippen MR) is 100 cm³/mol. The van der Waals surface area contributed by atoms with Gasteiger partial charge in [0.15, 0.2) is 17.3 Å². The largest absolute Gasteiger partial charge is 0.493 e. The van der Waals surface area contributed by atoms with Crippen LogP contribution in [0.4, 0.5) is 0 Å². The summed E-state index contributed by atoms with van der Waals surface area (Å²) >= 11 is 0. The summed E-state index contributed by atoms with van der Waals surface area (Å²) in [7, 11) is 3.25. The molecule has 1 aliphatic rings. The number of hydrogen-bond donors (Lipinski definition) is 0. The standard InChI is InChI=1S/C22H22O3/c1-24-21-11-10-18(15-22(21)25-2)19-12-17(13-20(23)14-19)9-8-16-6-4-3-5-7-16/h3-11,13,15,19H,12,14H2,1-2H3/b9-8+/t19-/m1/s1. The van der Waals surface area contributed by atoms with E-state index in [0.717, 1.165) is 23.1 Å². The van der Waals surface area contributed by atoms with Crippen LogP contribution in [0.25, 0.3) is 6.08 Å². The van der Waals surface area contributed by atoms with Gasteiger partial charge in [-0.2, -0.15) is 0 Å². The highest BCUT2D eigenvalue weighted by atomic mass is 16.5. The molecule has 3 heteroatoms. The molecule has 0 fully saturated rings. The van der Waals surface area contributed by atoms with E-state index in [1.54, 1.807) is 20.3 Å². The fourth-order valence-corrected chi connectivity index (χ4v) is 3.15. The average Bonchev–Trinajstić information content (AvgIpc) is 2.66. The van der Waals surface area contributed by atoms with E-state index >= 15 is 0 Å². The molecule has 0 aromatic heterocycles. The number of hydrogen-bond acceptors (Lipinski definition) is 3. The molecule has 0 heterocycles. The number of carbonyl (C=O) groups is 1. The van der Waals surface area contributed by atoms with Gasteiger partial charge in [0.05, 0.1) is 14.2 Å². The van der Waals surface area contributed by atoms with Crippen LogP contribution >= 0.6 is 0 Å². The zero-order valence-corrected chi connectivity index (χ0v) is 14.6. The van der Waals surface area contributed by atoms with Gasteiger partial charge in [0, 0.05) is 6.42 Å². The highest BCUT2D eigenvalue weighted by Gasteiger charge is 2.22. The number of allylic oxidation sites excluding steroid dienone is 3. The van der Waals surface area contributed by atoms with Gasteiger partial charge in [0.1, 0.15) is 0 Å². The minimum absolute atomic E-state index is 0.160. The van der Waals surface area contributed by atoms with Gasteiger partial charge < -0.3 is 9.47 Å². The molecule has 0 saturated heterocycles. The minimum Gasteiger partial charge on any atom is -0.493 e. The van der Waals surface area contributed by atoms with Crippen molar-refractivity contribution in [1.29, 1.82) is 0 Å². The third-order valence-corrected chi connectivity index (χ3v) is 4.44. The zero-order chi connectivity index (χ0) is 17.6. The molecule has 0 N–H and O–H groups in total. The van der Waals surface area contributed by atoms with E-state index in [-0.39, 0.29) is 11.7 Å². The van der Waals surface area contributed by atoms with E-state index in [1.165, 1.54) is 0 Å². The molecule has 128 valence electrons. The maximum Gasteiger partial charge on any atom is 0.160 e. The van der Waals surface area contributed by atoms with Crippen LogP contribution in [-0.2, 0) is 4.79 Å². The molecule has 1 aliphatic carbocycles. The summed E-state index contributed by atoms with van der Waals surface area (Å²) < 4.78 is 10.7. The second-order valence-corrected chi connectivity index (χ2v) is 6.15. The Hall–Kier alpha value is -2.81. The van der Waals surface area contributed by atoms with Gasteiger partial charge >= 0.3 is 0 Å². The number of methoxy groups -OCH3 is 2. The van der Waals surface area contributed by atoms with Crippen molar-refractivity contribution in [3.05, 3.63) is 77.4 Å². The van der Waals surface area contributed by atoms with Crippen LogP contribution in [0, 0.1) is 0 Å². The van der Waals surface area contributed by atoms with Crippen molar-refractivity contribution < 1.29 is 14.3 Å². The van der Waals surface area contributed by atoms with E-state index in [4.69, 9.17) is 9.47 Å². The van der Waals surface area contributed by atoms with Crippen molar-refractivity contribution >= 4 is 11.9 Å². The Labute approximate surface area is 148 Å². The van der Waals surface area contributed by atoms with Gasteiger partial charge in [0.2, 0.25) is 0 Å². The molecule has 25 heavy (non-hydrogen) atoms. The first-order valence-corrected chi connectivity index (χ1v) is 8.38. The van der Waals surface area contributed by atoms with E-state index in [0.29, 0.717) is 17.9 Å². The quantitative estimate of drug-likeness (QED) is 0.788. The van der Waals surface area contributed by atoms with Crippen molar-refractivity contribution in [2.75, 3.05) is 14.2 Å². The SMILES string of the molecule is COc1ccc([C@H]2CC(=O)C=C(/C=C/c3ccccc3)C2)cc1OC. The van der Waals surface area contributed by atoms with Gasteiger partial charge in [0.25, 0.3) is 0 Å². The van der Waals surface area contributed by atoms with Crippen LogP contribution in [0.3, 0.4) is 0 Å². The third kappa shape index (κ3) is 4.18. The van der Waals surface area contributed by atoms with Gasteiger partial charge in [-0.25, -0.2) is 0 Å². The highest BCUT2D eigenvalue weighted by molar-refractivity contribution is 5.92. The van der Waals surface area contributed by atoms with Crippen molar-refractivity contribution in [2.45, 2.75) is 18.8 Å². The Kier molecular flexibility index (Phi) is 5.34. The van der Waals surface area contributed by atoms with E-state index in [2.05, 4.69) is 6.08 Å². The number of carbonyl (C=O) groups excluding carboxylic acids is 1. The molecule has 0 amide bonds. The Morgan fingerprint density at radius 1 is 0.920 bits per heavy atom. The number of ether oxygens (including phenoxy) is 2. The van der Waals surface area contributed by atoms with E-state index < -0.39 is 0 Å². The molecular formula is C22H22O3. The topological polar surface area (TPSA) is 35.5 Å². The zero-order valence-electron chi connectivity index (χ0n) is 14.6. The molecule has 0 spiro atoms. The summed E-state index contributed by atoms with van der Waals surface area (Å²) in [5.41, 5.74) is 3.29. The Morgan fingerprint density at radius 3 is 2.40 bits per heavy atom. The van der Waals surface area contributed by atoms with Crippen molar-refractivity contribution in [1.82, 2.24) is 0 Å². The highest BCUT2D eigenvalue weighted by Crippen LogP contribution is 2.36. The van der Waals surface area contributed by atoms with Crippen LogP contribution in [0.1, 0.15) is 29.9 Å². The molecule has 2 aromatic carbocycles. The van der Waals surface area contributed by atoms with Crippen LogP contribution in [0.5, 0.6) is 11.5 Å². The normalized spacial score (nSPS) is 17.4. The van der Waals surface area contributed by atoms with Gasteiger partial charge in [-0.1, -0.05) is 48.6 Å². The first kappa shape index (κ1) is 17.0. The molecule has 1 atom stereocenters. The van der Waals surface area contributed by atoms with Crippen molar-refractivity contribution in [3.8, 4) is 11.5 Å². The lowest BCUT2D eigenvalue weighted by Crippen LogP contribution is -2.12. The third-order valence-electron chi connectivity index (χ3n) is 4.44. The first-order valence-electron chi connectivity index (χ1n) is 8.38. The fraction of sp³-hybridized carbons (Fsp3) is 0.227. The molecule has 0 radical (unpaired) electrons. The summed E-state index contributed by atoms with van der Waals surface area (Å²) in [6.45, 7) is 0. The summed E-state index contributed by atoms with van der Waals surface area (Å²) in [6, 6.07) is 16.0. The predicted octanol–water partition coefficient (Wildman–Crippen LogP) is 4.79. The Balaban J connectivity index is 1.80. The smallest absolute Gasteiger partial charge is 0.160 e. The lowest BCUT2D eigenvalue weighted by atomic mass is 9.83. The second-order valence-electron chi connectivity index (χ2n) is 6.15. The van der Waals surface area contributed by atoms with Gasteiger partial charge in [-0.05, 0) is 47.2 Å². The number of benzene rings is 2. The van der Waals surface area contributed by atoms with Gasteiger partial charge in [-0.3, -0.25) is 4.79 Å². The molecular weight excluding hydrogens is 312 g/mol. The van der Waals surface area contributed by atoms with Crippen molar-refractivity contribution in [3.63, 3.8) is 0 Å². The van der Waals surface area contributed by atoms with E-state index in [9.17, 15) is 4.79 Å². The lowest BCUT2D eigenvalue weighted by Gasteiger charge is -2.22. The molecule has 3 nitrogen and oxygen atoms in total. The molecule has 2 aromatic rings. The molecule has 0 unspecified atom stereocenters. The monoisotopic (exact) mass is 334 g/mol. The summed E-state index contributed by atoms with van der Waals surface area (Å²) in [4.78, 5) is 12.2. The first-order chi connectivity index (χ1) is 12.2. The number of rotatable bonds is 5. The molecule has 0 aliphatic heterocycles. The lowest BCUT2D eigenvalue weighted by molar-refractivity contribution is -0.115. The average molecular weight is 334 g/mol. The number of ketones is 1. The molecule has 3 rings (SSSR count). The van der Waals surface area contributed by atoms with Crippen LogP contribution in [-0.4, -0.2) is 20.0 Å². The van der Waals surface area contributed by atoms with Gasteiger partial charge in [-0.15, -0.1) is 0 Å². The second kappa shape index (κ2) is 7.84. The van der Waals surface area contributed by atoms with Crippen LogP contribution in [0.2, 0.25) is 0 Å². The van der Waals surface area contributed by atoms with Crippen molar-refractivity contribution in [2.24, 2.45) is 0 Å². The maximum absolute atomic E-state index is 12.2.